The van der Waals surface area contributed by atoms with Crippen LogP contribution in [-0.4, -0.2) is 52.9 Å². The first kappa shape index (κ1) is 14.5. The summed E-state index contributed by atoms with van der Waals surface area (Å²) in [5, 5.41) is 0. The third-order valence-electron chi connectivity index (χ3n) is 5.44. The van der Waals surface area contributed by atoms with E-state index < -0.39 is 0 Å². The van der Waals surface area contributed by atoms with E-state index in [9.17, 15) is 4.79 Å². The number of likely N-dealkylation sites (tertiary alicyclic amines) is 1. The topological polar surface area (TPSA) is 39.3 Å². The molecule has 0 saturated carbocycles. The molecule has 0 aliphatic carbocycles. The van der Waals surface area contributed by atoms with Crippen LogP contribution in [0, 0.1) is 0 Å². The summed E-state index contributed by atoms with van der Waals surface area (Å²) in [6.07, 6.45) is 3.58. The van der Waals surface area contributed by atoms with E-state index in [1.165, 1.54) is 12.8 Å². The molecule has 120 valence electrons. The number of hydrogen-bond donors (Lipinski definition) is 1. The Balaban J connectivity index is 1.52. The molecule has 4 rings (SSSR count). The molecule has 2 aromatic rings. The number of nitrogens with one attached hydrogen (secondary N) is 1. The molecule has 2 aliphatic rings. The Morgan fingerprint density at radius 1 is 1.04 bits per heavy atom. The Labute approximate surface area is 137 Å². The summed E-state index contributed by atoms with van der Waals surface area (Å²) in [7, 11) is 2.21. The highest BCUT2D eigenvalue weighted by atomic mass is 16.2. The summed E-state index contributed by atoms with van der Waals surface area (Å²) in [6.45, 7) is 1.72. The molecule has 0 unspecified atom stereocenters. The van der Waals surface area contributed by atoms with Gasteiger partial charge in [-0.1, -0.05) is 30.3 Å². The fraction of sp³-hybridized carbons (Fsp3) is 0.421. The normalized spacial score (nSPS) is 24.7. The van der Waals surface area contributed by atoms with Crippen LogP contribution in [0.1, 0.15) is 29.8 Å². The lowest BCUT2D eigenvalue weighted by molar-refractivity contribution is 0.0735. The second-order valence-corrected chi connectivity index (χ2v) is 6.74. The first-order chi connectivity index (χ1) is 11.2. The van der Waals surface area contributed by atoms with E-state index in [2.05, 4.69) is 29.1 Å². The van der Waals surface area contributed by atoms with Crippen LogP contribution in [0.2, 0.25) is 0 Å². The zero-order chi connectivity index (χ0) is 15.8. The molecule has 2 saturated heterocycles. The van der Waals surface area contributed by atoms with Gasteiger partial charge in [-0.2, -0.15) is 0 Å². The largest absolute Gasteiger partial charge is 0.351 e. The minimum atomic E-state index is 0.133. The maximum Gasteiger partial charge on any atom is 0.270 e. The predicted octanol–water partition coefficient (Wildman–Crippen LogP) is 2.99. The second-order valence-electron chi connectivity index (χ2n) is 6.74. The zero-order valence-corrected chi connectivity index (χ0v) is 13.5. The zero-order valence-electron chi connectivity index (χ0n) is 13.5. The smallest absolute Gasteiger partial charge is 0.270 e. The van der Waals surface area contributed by atoms with E-state index in [1.807, 2.05) is 35.2 Å². The number of carbonyl (C=O) groups excluding carboxylic acids is 1. The number of hydrogen-bond acceptors (Lipinski definition) is 2. The van der Waals surface area contributed by atoms with Crippen LogP contribution >= 0.6 is 0 Å². The van der Waals surface area contributed by atoms with Gasteiger partial charge in [-0.05, 0) is 44.0 Å². The van der Waals surface area contributed by atoms with Gasteiger partial charge < -0.3 is 9.88 Å². The first-order valence-corrected chi connectivity index (χ1v) is 8.48. The Hall–Kier alpha value is -2.07. The molecular formula is C19H23N3O. The van der Waals surface area contributed by atoms with Gasteiger partial charge in [-0.3, -0.25) is 9.69 Å². The monoisotopic (exact) mass is 309 g/mol. The van der Waals surface area contributed by atoms with Crippen molar-refractivity contribution in [1.29, 1.82) is 0 Å². The molecule has 4 nitrogen and oxygen atoms in total. The molecule has 2 fully saturated rings. The molecule has 0 spiro atoms. The molecule has 3 heterocycles. The summed E-state index contributed by atoms with van der Waals surface area (Å²) in [6, 6.07) is 15.2. The summed E-state index contributed by atoms with van der Waals surface area (Å²) in [5.74, 6) is 0.133. The van der Waals surface area contributed by atoms with Crippen molar-refractivity contribution in [1.82, 2.24) is 14.8 Å². The molecule has 4 heteroatoms. The first-order valence-electron chi connectivity index (χ1n) is 8.48. The molecule has 2 aliphatic heterocycles. The quantitative estimate of drug-likeness (QED) is 0.926. The van der Waals surface area contributed by atoms with Crippen molar-refractivity contribution in [2.24, 2.45) is 0 Å². The number of fused-ring (bicyclic) bond motifs is 2. The van der Waals surface area contributed by atoms with E-state index in [1.54, 1.807) is 0 Å². The van der Waals surface area contributed by atoms with Gasteiger partial charge in [0, 0.05) is 30.9 Å². The number of aromatic nitrogens is 1. The number of benzene rings is 1. The second kappa shape index (κ2) is 5.85. The van der Waals surface area contributed by atoms with Crippen LogP contribution in [0.5, 0.6) is 0 Å². The minimum Gasteiger partial charge on any atom is -0.351 e. The van der Waals surface area contributed by atoms with Crippen LogP contribution in [0.4, 0.5) is 0 Å². The SMILES string of the molecule is CN1[C@@H]2CC[C@H]1CN(C(=O)c1ccc(-c3ccccc3)[nH]1)CC2. The Morgan fingerprint density at radius 2 is 1.83 bits per heavy atom. The Morgan fingerprint density at radius 3 is 2.65 bits per heavy atom. The van der Waals surface area contributed by atoms with Crippen LogP contribution in [0.25, 0.3) is 11.3 Å². The lowest BCUT2D eigenvalue weighted by atomic mass is 10.1. The predicted molar refractivity (Wildman–Crippen MR) is 91.3 cm³/mol. The molecule has 2 bridgehead atoms. The van der Waals surface area contributed by atoms with Gasteiger partial charge >= 0.3 is 0 Å². The van der Waals surface area contributed by atoms with Crippen molar-refractivity contribution >= 4 is 5.91 Å². The van der Waals surface area contributed by atoms with E-state index in [0.717, 1.165) is 30.8 Å². The number of aromatic amines is 1. The molecular weight excluding hydrogens is 286 g/mol. The summed E-state index contributed by atoms with van der Waals surface area (Å²) < 4.78 is 0. The van der Waals surface area contributed by atoms with Gasteiger partial charge in [0.1, 0.15) is 5.69 Å². The highest BCUT2D eigenvalue weighted by molar-refractivity contribution is 5.93. The number of H-pyrrole nitrogens is 1. The highest BCUT2D eigenvalue weighted by Crippen LogP contribution is 2.29. The molecule has 1 aromatic heterocycles. The lowest BCUT2D eigenvalue weighted by Gasteiger charge is -2.25. The summed E-state index contributed by atoms with van der Waals surface area (Å²) in [4.78, 5) is 20.7. The van der Waals surface area contributed by atoms with E-state index >= 15 is 0 Å². The fourth-order valence-corrected chi connectivity index (χ4v) is 3.97. The molecule has 1 amide bonds. The number of rotatable bonds is 2. The Kier molecular flexibility index (Phi) is 3.69. The van der Waals surface area contributed by atoms with Gasteiger partial charge in [0.2, 0.25) is 0 Å². The van der Waals surface area contributed by atoms with Gasteiger partial charge in [0.15, 0.2) is 0 Å². The standard InChI is InChI=1S/C19H23N3O/c1-21-15-7-8-16(21)13-22(12-11-15)19(23)18-10-9-17(20-18)14-5-3-2-4-6-14/h2-6,9-10,15-16,20H,7-8,11-13H2,1H3/t15-,16+/m1/s1. The third-order valence-corrected chi connectivity index (χ3v) is 5.44. The maximum absolute atomic E-state index is 12.9. The van der Waals surface area contributed by atoms with Crippen molar-refractivity contribution in [2.45, 2.75) is 31.3 Å². The van der Waals surface area contributed by atoms with Crippen LogP contribution in [0.3, 0.4) is 0 Å². The number of carbonyl (C=O) groups is 1. The third kappa shape index (κ3) is 2.68. The molecule has 0 radical (unpaired) electrons. The maximum atomic E-state index is 12.9. The van der Waals surface area contributed by atoms with Crippen molar-refractivity contribution in [2.75, 3.05) is 20.1 Å². The van der Waals surface area contributed by atoms with E-state index in [4.69, 9.17) is 0 Å². The minimum absolute atomic E-state index is 0.133. The van der Waals surface area contributed by atoms with Crippen LogP contribution in [0.15, 0.2) is 42.5 Å². The number of nitrogens with zero attached hydrogens (tertiary/aromatic N) is 2. The van der Waals surface area contributed by atoms with Crippen LogP contribution in [-0.2, 0) is 0 Å². The fourth-order valence-electron chi connectivity index (χ4n) is 3.97. The van der Waals surface area contributed by atoms with Gasteiger partial charge in [-0.15, -0.1) is 0 Å². The van der Waals surface area contributed by atoms with Crippen molar-refractivity contribution in [3.05, 3.63) is 48.2 Å². The van der Waals surface area contributed by atoms with Gasteiger partial charge in [0.25, 0.3) is 5.91 Å². The molecule has 23 heavy (non-hydrogen) atoms. The number of likely N-dealkylation sites (N-methyl/N-ethyl adjacent to an activating group) is 1. The van der Waals surface area contributed by atoms with Gasteiger partial charge in [0.05, 0.1) is 0 Å². The van der Waals surface area contributed by atoms with Crippen molar-refractivity contribution < 1.29 is 4.79 Å². The van der Waals surface area contributed by atoms with E-state index in [0.29, 0.717) is 17.8 Å². The Bertz CT molecular complexity index is 694. The average molecular weight is 309 g/mol. The summed E-state index contributed by atoms with van der Waals surface area (Å²) in [5.41, 5.74) is 2.81. The lowest BCUT2D eigenvalue weighted by Crippen LogP contribution is -2.39. The van der Waals surface area contributed by atoms with Crippen LogP contribution < -0.4 is 0 Å². The molecule has 2 atom stereocenters. The number of amides is 1. The average Bonchev–Trinajstić information content (AvgIpc) is 3.13. The van der Waals surface area contributed by atoms with Crippen molar-refractivity contribution in [3.63, 3.8) is 0 Å². The molecule has 1 aromatic carbocycles. The van der Waals surface area contributed by atoms with Gasteiger partial charge in [-0.25, -0.2) is 0 Å². The summed E-state index contributed by atoms with van der Waals surface area (Å²) >= 11 is 0. The van der Waals surface area contributed by atoms with E-state index in [-0.39, 0.29) is 5.91 Å². The highest BCUT2D eigenvalue weighted by Gasteiger charge is 2.36. The molecule has 1 N–H and O–H groups in total. The van der Waals surface area contributed by atoms with Crippen molar-refractivity contribution in [3.8, 4) is 11.3 Å².